The molecular weight excluding hydrogens is 312 g/mol. The Kier molecular flexibility index (Phi) is 6.10. The molecule has 1 amide bonds. The molecule has 0 atom stereocenters. The Morgan fingerprint density at radius 3 is 2.45 bits per heavy atom. The summed E-state index contributed by atoms with van der Waals surface area (Å²) in [6, 6.07) is 11.0. The van der Waals surface area contributed by atoms with Crippen LogP contribution < -0.4 is 0 Å². The second kappa shape index (κ2) is 8.27. The van der Waals surface area contributed by atoms with Crippen LogP contribution in [0.5, 0.6) is 0 Å². The molecule has 2 aliphatic rings. The molecular formula is C17H24N2OS2. The Balaban J connectivity index is 1.48. The van der Waals surface area contributed by atoms with Crippen molar-refractivity contribution < 1.29 is 4.79 Å². The van der Waals surface area contributed by atoms with Gasteiger partial charge in [0.05, 0.1) is 6.54 Å². The normalized spacial score (nSPS) is 21.8. The standard InChI is InChI=1S/C17H24N2OS2/c20-17-12-19(16-13-21-10-11-22-14-16)9-8-18(17)7-6-15-4-2-1-3-5-15/h1-5,16H,6-14H2. The summed E-state index contributed by atoms with van der Waals surface area (Å²) >= 11 is 4.08. The van der Waals surface area contributed by atoms with Crippen LogP contribution in [0.2, 0.25) is 0 Å². The third-order valence-corrected chi connectivity index (χ3v) is 6.86. The van der Waals surface area contributed by atoms with E-state index in [1.807, 2.05) is 34.5 Å². The summed E-state index contributed by atoms with van der Waals surface area (Å²) < 4.78 is 0. The summed E-state index contributed by atoms with van der Waals surface area (Å²) in [6.07, 6.45) is 0.960. The first-order valence-corrected chi connectivity index (χ1v) is 10.3. The fraction of sp³-hybridized carbons (Fsp3) is 0.588. The molecule has 2 fully saturated rings. The minimum Gasteiger partial charge on any atom is -0.340 e. The lowest BCUT2D eigenvalue weighted by atomic mass is 10.1. The Hall–Kier alpha value is -0.650. The van der Waals surface area contributed by atoms with Crippen LogP contribution in [0.4, 0.5) is 0 Å². The van der Waals surface area contributed by atoms with E-state index in [0.717, 1.165) is 26.1 Å². The molecule has 2 aliphatic heterocycles. The van der Waals surface area contributed by atoms with E-state index < -0.39 is 0 Å². The van der Waals surface area contributed by atoms with Crippen molar-refractivity contribution in [3.05, 3.63) is 35.9 Å². The van der Waals surface area contributed by atoms with Gasteiger partial charge in [-0.3, -0.25) is 9.69 Å². The molecule has 1 aromatic carbocycles. The van der Waals surface area contributed by atoms with Gasteiger partial charge in [-0.25, -0.2) is 0 Å². The third-order valence-electron chi connectivity index (χ3n) is 4.37. The molecule has 1 aromatic rings. The van der Waals surface area contributed by atoms with Gasteiger partial charge in [0.2, 0.25) is 5.91 Å². The van der Waals surface area contributed by atoms with Crippen molar-refractivity contribution in [3.63, 3.8) is 0 Å². The lowest BCUT2D eigenvalue weighted by Gasteiger charge is -2.38. The van der Waals surface area contributed by atoms with Crippen LogP contribution in [-0.2, 0) is 11.2 Å². The number of carbonyl (C=O) groups is 1. The number of hydrogen-bond donors (Lipinski definition) is 0. The van der Waals surface area contributed by atoms with Gasteiger partial charge in [0, 0.05) is 48.7 Å². The largest absolute Gasteiger partial charge is 0.340 e. The van der Waals surface area contributed by atoms with E-state index in [-0.39, 0.29) is 0 Å². The number of carbonyl (C=O) groups excluding carboxylic acids is 1. The highest BCUT2D eigenvalue weighted by molar-refractivity contribution is 8.03. The molecule has 0 saturated carbocycles. The van der Waals surface area contributed by atoms with Crippen molar-refractivity contribution in [3.8, 4) is 0 Å². The molecule has 5 heteroatoms. The summed E-state index contributed by atoms with van der Waals surface area (Å²) in [7, 11) is 0. The maximum absolute atomic E-state index is 12.4. The van der Waals surface area contributed by atoms with E-state index in [4.69, 9.17) is 0 Å². The van der Waals surface area contributed by atoms with E-state index in [1.54, 1.807) is 0 Å². The van der Waals surface area contributed by atoms with Crippen LogP contribution in [0.25, 0.3) is 0 Å². The topological polar surface area (TPSA) is 23.6 Å². The summed E-state index contributed by atoms with van der Waals surface area (Å²) in [4.78, 5) is 16.9. The minimum absolute atomic E-state index is 0.307. The SMILES string of the molecule is O=C1CN(C2CSCCSC2)CCN1CCc1ccccc1. The molecule has 22 heavy (non-hydrogen) atoms. The minimum atomic E-state index is 0.307. The summed E-state index contributed by atoms with van der Waals surface area (Å²) in [6.45, 7) is 3.38. The van der Waals surface area contributed by atoms with Gasteiger partial charge >= 0.3 is 0 Å². The average molecular weight is 337 g/mol. The molecule has 2 saturated heterocycles. The number of benzene rings is 1. The van der Waals surface area contributed by atoms with Crippen molar-refractivity contribution in [2.45, 2.75) is 12.5 Å². The van der Waals surface area contributed by atoms with Crippen molar-refractivity contribution in [1.82, 2.24) is 9.80 Å². The highest BCUT2D eigenvalue weighted by Gasteiger charge is 2.29. The molecule has 0 N–H and O–H groups in total. The summed E-state index contributed by atoms with van der Waals surface area (Å²) in [5, 5.41) is 0. The van der Waals surface area contributed by atoms with Crippen LogP contribution in [0.15, 0.2) is 30.3 Å². The number of piperazine rings is 1. The van der Waals surface area contributed by atoms with Gasteiger partial charge in [0.15, 0.2) is 0 Å². The average Bonchev–Trinajstić information content (AvgIpc) is 2.84. The second-order valence-electron chi connectivity index (χ2n) is 5.89. The molecule has 2 heterocycles. The highest BCUT2D eigenvalue weighted by atomic mass is 32.2. The Morgan fingerprint density at radius 2 is 1.77 bits per heavy atom. The van der Waals surface area contributed by atoms with Crippen molar-refractivity contribution in [1.29, 1.82) is 0 Å². The van der Waals surface area contributed by atoms with Gasteiger partial charge in [-0.15, -0.1) is 0 Å². The van der Waals surface area contributed by atoms with E-state index in [9.17, 15) is 4.79 Å². The Labute approximate surface area is 141 Å². The maximum Gasteiger partial charge on any atom is 0.236 e. The van der Waals surface area contributed by atoms with E-state index in [1.165, 1.54) is 28.6 Å². The fourth-order valence-corrected chi connectivity index (χ4v) is 5.63. The molecule has 120 valence electrons. The van der Waals surface area contributed by atoms with E-state index in [2.05, 4.69) is 29.2 Å². The highest BCUT2D eigenvalue weighted by Crippen LogP contribution is 2.21. The van der Waals surface area contributed by atoms with Gasteiger partial charge < -0.3 is 4.90 Å². The zero-order valence-corrected chi connectivity index (χ0v) is 14.6. The van der Waals surface area contributed by atoms with Crippen LogP contribution >= 0.6 is 23.5 Å². The molecule has 0 unspecified atom stereocenters. The van der Waals surface area contributed by atoms with Crippen molar-refractivity contribution in [2.75, 3.05) is 49.2 Å². The predicted octanol–water partition coefficient (Wildman–Crippen LogP) is 2.22. The third kappa shape index (κ3) is 4.43. The smallest absolute Gasteiger partial charge is 0.236 e. The van der Waals surface area contributed by atoms with Gasteiger partial charge in [0.25, 0.3) is 0 Å². The number of thioether (sulfide) groups is 2. The summed E-state index contributed by atoms with van der Waals surface area (Å²) in [5.41, 5.74) is 1.31. The lowest BCUT2D eigenvalue weighted by molar-refractivity contribution is -0.136. The van der Waals surface area contributed by atoms with Crippen molar-refractivity contribution in [2.24, 2.45) is 0 Å². The van der Waals surface area contributed by atoms with E-state index in [0.29, 0.717) is 18.5 Å². The first kappa shape index (κ1) is 16.2. The van der Waals surface area contributed by atoms with Crippen molar-refractivity contribution >= 4 is 29.4 Å². The summed E-state index contributed by atoms with van der Waals surface area (Å²) in [5.74, 6) is 5.19. The quantitative estimate of drug-likeness (QED) is 0.841. The molecule has 0 spiro atoms. The number of nitrogens with zero attached hydrogens (tertiary/aromatic N) is 2. The van der Waals surface area contributed by atoms with Gasteiger partial charge in [-0.2, -0.15) is 23.5 Å². The lowest BCUT2D eigenvalue weighted by Crippen LogP contribution is -2.55. The number of amides is 1. The van der Waals surface area contributed by atoms with Crippen LogP contribution in [0.1, 0.15) is 5.56 Å². The van der Waals surface area contributed by atoms with E-state index >= 15 is 0 Å². The molecule has 0 bridgehead atoms. The first-order valence-electron chi connectivity index (χ1n) is 8.04. The molecule has 0 aromatic heterocycles. The number of rotatable bonds is 4. The monoisotopic (exact) mass is 336 g/mol. The zero-order valence-electron chi connectivity index (χ0n) is 12.9. The first-order chi connectivity index (χ1) is 10.8. The fourth-order valence-electron chi connectivity index (χ4n) is 3.00. The number of hydrogen-bond acceptors (Lipinski definition) is 4. The van der Waals surface area contributed by atoms with Crippen LogP contribution in [0.3, 0.4) is 0 Å². The molecule has 0 radical (unpaired) electrons. The predicted molar refractivity (Wildman–Crippen MR) is 96.7 cm³/mol. The zero-order chi connectivity index (χ0) is 15.2. The maximum atomic E-state index is 12.4. The Bertz CT molecular complexity index is 475. The van der Waals surface area contributed by atoms with Gasteiger partial charge in [-0.05, 0) is 12.0 Å². The molecule has 3 nitrogen and oxygen atoms in total. The molecule has 3 rings (SSSR count). The van der Waals surface area contributed by atoms with Gasteiger partial charge in [-0.1, -0.05) is 30.3 Å². The Morgan fingerprint density at radius 1 is 1.05 bits per heavy atom. The second-order valence-corrected chi connectivity index (χ2v) is 8.19. The van der Waals surface area contributed by atoms with Crippen LogP contribution in [-0.4, -0.2) is 70.9 Å². The van der Waals surface area contributed by atoms with Gasteiger partial charge in [0.1, 0.15) is 0 Å². The van der Waals surface area contributed by atoms with Crippen LogP contribution in [0, 0.1) is 0 Å². The molecule has 0 aliphatic carbocycles.